The topological polar surface area (TPSA) is 43.3 Å². The zero-order valence-electron chi connectivity index (χ0n) is 17.0. The summed E-state index contributed by atoms with van der Waals surface area (Å²) in [6.45, 7) is 0. The number of halogens is 2. The number of hydrogen-bond donors (Lipinski definition) is 0. The first-order chi connectivity index (χ1) is 15.1. The van der Waals surface area contributed by atoms with Gasteiger partial charge < -0.3 is 14.2 Å². The number of methoxy groups -OCH3 is 2. The molecule has 158 valence electrons. The predicted octanol–water partition coefficient (Wildman–Crippen LogP) is 5.22. The van der Waals surface area contributed by atoms with Crippen molar-refractivity contribution in [2.24, 2.45) is 5.10 Å². The number of hydrazone groups is 1. The fourth-order valence-corrected chi connectivity index (χ4v) is 4.09. The molecule has 0 N–H and O–H groups in total. The van der Waals surface area contributed by atoms with Crippen molar-refractivity contribution in [3.8, 4) is 17.2 Å². The molecule has 0 bridgehead atoms. The van der Waals surface area contributed by atoms with Crippen molar-refractivity contribution in [2.75, 3.05) is 14.2 Å². The molecule has 5 rings (SSSR count). The summed E-state index contributed by atoms with van der Waals surface area (Å²) >= 11 is 0. The number of para-hydroxylation sites is 1. The maximum absolute atomic E-state index is 14.0. The molecule has 2 unspecified atom stereocenters. The van der Waals surface area contributed by atoms with E-state index in [0.29, 0.717) is 23.5 Å². The molecule has 5 nitrogen and oxygen atoms in total. The van der Waals surface area contributed by atoms with Crippen LogP contribution in [0.3, 0.4) is 0 Å². The zero-order chi connectivity index (χ0) is 21.5. The predicted molar refractivity (Wildman–Crippen MR) is 111 cm³/mol. The first kappa shape index (κ1) is 19.4. The van der Waals surface area contributed by atoms with E-state index < -0.39 is 17.9 Å². The third kappa shape index (κ3) is 3.26. The Morgan fingerprint density at radius 3 is 2.48 bits per heavy atom. The third-order valence-electron chi connectivity index (χ3n) is 5.65. The molecule has 0 fully saturated rings. The molecule has 0 aromatic heterocycles. The summed E-state index contributed by atoms with van der Waals surface area (Å²) in [6, 6.07) is 17.0. The van der Waals surface area contributed by atoms with Crippen LogP contribution in [0, 0.1) is 11.6 Å². The van der Waals surface area contributed by atoms with E-state index in [1.807, 2.05) is 47.5 Å². The Kier molecular flexibility index (Phi) is 4.73. The first-order valence-corrected chi connectivity index (χ1v) is 9.88. The molecule has 0 saturated heterocycles. The van der Waals surface area contributed by atoms with Crippen molar-refractivity contribution < 1.29 is 23.0 Å². The lowest BCUT2D eigenvalue weighted by atomic mass is 9.95. The molecule has 0 radical (unpaired) electrons. The van der Waals surface area contributed by atoms with Crippen molar-refractivity contribution in [1.82, 2.24) is 5.01 Å². The van der Waals surface area contributed by atoms with Crippen LogP contribution in [0.4, 0.5) is 8.78 Å². The summed E-state index contributed by atoms with van der Waals surface area (Å²) in [5.74, 6) is 0.105. The Balaban J connectivity index is 1.60. The molecule has 2 aliphatic rings. The standard InChI is InChI=1S/C24H20F2N2O3/c1-29-16-9-6-14(7-10-16)20-13-21-17-4-3-5-22(30-2)23(17)31-24(28(21)27-20)15-8-11-18(25)19(26)12-15/h3-12,21,24H,13H2,1-2H3. The lowest BCUT2D eigenvalue weighted by Crippen LogP contribution is -2.34. The van der Waals surface area contributed by atoms with E-state index in [2.05, 4.69) is 0 Å². The van der Waals surface area contributed by atoms with Crippen molar-refractivity contribution >= 4 is 5.71 Å². The third-order valence-corrected chi connectivity index (χ3v) is 5.65. The number of benzene rings is 3. The van der Waals surface area contributed by atoms with Crippen molar-refractivity contribution in [2.45, 2.75) is 18.7 Å². The van der Waals surface area contributed by atoms with Crippen LogP contribution in [0.25, 0.3) is 0 Å². The van der Waals surface area contributed by atoms with E-state index in [0.717, 1.165) is 34.7 Å². The van der Waals surface area contributed by atoms with Gasteiger partial charge in [-0.15, -0.1) is 0 Å². The van der Waals surface area contributed by atoms with Gasteiger partial charge in [0.05, 0.1) is 26.0 Å². The fourth-order valence-electron chi connectivity index (χ4n) is 4.09. The second kappa shape index (κ2) is 7.58. The summed E-state index contributed by atoms with van der Waals surface area (Å²) in [6.07, 6.45) is -0.0876. The van der Waals surface area contributed by atoms with Crippen LogP contribution in [0.5, 0.6) is 17.2 Å². The Hall–Kier alpha value is -3.61. The normalized spacial score (nSPS) is 19.2. The van der Waals surface area contributed by atoms with Crippen molar-refractivity contribution in [3.05, 3.63) is 89.0 Å². The van der Waals surface area contributed by atoms with E-state index in [4.69, 9.17) is 19.3 Å². The maximum Gasteiger partial charge on any atom is 0.214 e. The second-order valence-corrected chi connectivity index (χ2v) is 7.40. The van der Waals surface area contributed by atoms with Gasteiger partial charge in [-0.25, -0.2) is 13.8 Å². The van der Waals surface area contributed by atoms with Crippen LogP contribution in [-0.2, 0) is 0 Å². The highest BCUT2D eigenvalue weighted by molar-refractivity contribution is 6.02. The SMILES string of the molecule is COc1ccc(C2=NN3C(C2)c2cccc(OC)c2OC3c2ccc(F)c(F)c2)cc1. The highest BCUT2D eigenvalue weighted by Gasteiger charge is 2.42. The van der Waals surface area contributed by atoms with Gasteiger partial charge in [0.15, 0.2) is 23.1 Å². The molecule has 0 saturated carbocycles. The summed E-state index contributed by atoms with van der Waals surface area (Å²) in [7, 11) is 3.20. The van der Waals surface area contributed by atoms with Gasteiger partial charge >= 0.3 is 0 Å². The van der Waals surface area contributed by atoms with E-state index in [1.165, 1.54) is 6.07 Å². The molecule has 2 aliphatic heterocycles. The number of hydrogen-bond acceptors (Lipinski definition) is 5. The minimum absolute atomic E-state index is 0.130. The number of ether oxygens (including phenoxy) is 3. The summed E-state index contributed by atoms with van der Waals surface area (Å²) < 4.78 is 44.6. The molecule has 31 heavy (non-hydrogen) atoms. The van der Waals surface area contributed by atoms with Gasteiger partial charge in [0.1, 0.15) is 5.75 Å². The van der Waals surface area contributed by atoms with E-state index >= 15 is 0 Å². The summed E-state index contributed by atoms with van der Waals surface area (Å²) in [4.78, 5) is 0. The Morgan fingerprint density at radius 2 is 1.77 bits per heavy atom. The highest BCUT2D eigenvalue weighted by Crippen LogP contribution is 2.50. The number of rotatable bonds is 4. The van der Waals surface area contributed by atoms with E-state index in [-0.39, 0.29) is 6.04 Å². The molecule has 3 aromatic carbocycles. The monoisotopic (exact) mass is 422 g/mol. The van der Waals surface area contributed by atoms with Gasteiger partial charge in [0.2, 0.25) is 6.23 Å². The fraction of sp³-hybridized carbons (Fsp3) is 0.208. The molecular formula is C24H20F2N2O3. The van der Waals surface area contributed by atoms with E-state index in [9.17, 15) is 8.78 Å². The van der Waals surface area contributed by atoms with Gasteiger partial charge in [0.25, 0.3) is 0 Å². The van der Waals surface area contributed by atoms with Crippen LogP contribution in [-0.4, -0.2) is 24.9 Å². The number of nitrogens with zero attached hydrogens (tertiary/aromatic N) is 2. The van der Waals surface area contributed by atoms with E-state index in [1.54, 1.807) is 14.2 Å². The molecule has 3 aromatic rings. The molecule has 7 heteroatoms. The van der Waals surface area contributed by atoms with Gasteiger partial charge in [-0.1, -0.05) is 18.2 Å². The van der Waals surface area contributed by atoms with Crippen molar-refractivity contribution in [3.63, 3.8) is 0 Å². The Labute approximate surface area is 178 Å². The largest absolute Gasteiger partial charge is 0.497 e. The highest BCUT2D eigenvalue weighted by atomic mass is 19.2. The molecule has 2 heterocycles. The maximum atomic E-state index is 14.0. The van der Waals surface area contributed by atoms with Gasteiger partial charge in [-0.05, 0) is 48.0 Å². The quantitative estimate of drug-likeness (QED) is 0.578. The lowest BCUT2D eigenvalue weighted by Gasteiger charge is -2.38. The van der Waals surface area contributed by atoms with Crippen LogP contribution in [0.1, 0.15) is 35.4 Å². The summed E-state index contributed by atoms with van der Waals surface area (Å²) in [5.41, 5.74) is 3.24. The number of fused-ring (bicyclic) bond motifs is 3. The first-order valence-electron chi connectivity index (χ1n) is 9.88. The van der Waals surface area contributed by atoms with Crippen LogP contribution < -0.4 is 14.2 Å². The van der Waals surface area contributed by atoms with Gasteiger partial charge in [0, 0.05) is 17.5 Å². The molecule has 0 amide bonds. The summed E-state index contributed by atoms with van der Waals surface area (Å²) in [5, 5.41) is 6.64. The van der Waals surface area contributed by atoms with Crippen molar-refractivity contribution in [1.29, 1.82) is 0 Å². The average Bonchev–Trinajstić information content (AvgIpc) is 3.26. The van der Waals surface area contributed by atoms with Gasteiger partial charge in [-0.2, -0.15) is 5.10 Å². The minimum Gasteiger partial charge on any atom is -0.497 e. The molecule has 2 atom stereocenters. The zero-order valence-corrected chi connectivity index (χ0v) is 17.0. The van der Waals surface area contributed by atoms with Crippen LogP contribution >= 0.6 is 0 Å². The Bertz CT molecular complexity index is 1160. The van der Waals surface area contributed by atoms with Gasteiger partial charge in [-0.3, -0.25) is 0 Å². The smallest absolute Gasteiger partial charge is 0.214 e. The molecule has 0 aliphatic carbocycles. The average molecular weight is 422 g/mol. The van der Waals surface area contributed by atoms with Crippen LogP contribution in [0.15, 0.2) is 65.8 Å². The Morgan fingerprint density at radius 1 is 0.968 bits per heavy atom. The lowest BCUT2D eigenvalue weighted by molar-refractivity contribution is -0.0211. The minimum atomic E-state index is -0.929. The van der Waals surface area contributed by atoms with Crippen LogP contribution in [0.2, 0.25) is 0 Å². The molecular weight excluding hydrogens is 402 g/mol. The second-order valence-electron chi connectivity index (χ2n) is 7.40. The molecule has 0 spiro atoms.